The number of ether oxygens (including phenoxy) is 1. The number of amides is 2. The average Bonchev–Trinajstić information content (AvgIpc) is 2.84. The van der Waals surface area contributed by atoms with E-state index >= 15 is 0 Å². The van der Waals surface area contributed by atoms with Gasteiger partial charge in [0.05, 0.1) is 19.3 Å². The van der Waals surface area contributed by atoms with Crippen LogP contribution in [-0.4, -0.2) is 48.3 Å². The summed E-state index contributed by atoms with van der Waals surface area (Å²) in [5.41, 5.74) is 0. The van der Waals surface area contributed by atoms with Crippen molar-refractivity contribution in [2.24, 2.45) is 0 Å². The van der Waals surface area contributed by atoms with E-state index in [1.54, 1.807) is 7.05 Å². The Morgan fingerprint density at radius 1 is 1.45 bits per heavy atom. The number of carboxylic acids is 1. The Morgan fingerprint density at radius 3 is 2.70 bits per heavy atom. The summed E-state index contributed by atoms with van der Waals surface area (Å²) in [6.07, 6.45) is 0.129. The van der Waals surface area contributed by atoms with Crippen LogP contribution in [0.3, 0.4) is 0 Å². The highest BCUT2D eigenvalue weighted by Gasteiger charge is 2.11. The first-order valence-corrected chi connectivity index (χ1v) is 6.32. The molecule has 0 aromatic carbocycles. The summed E-state index contributed by atoms with van der Waals surface area (Å²) in [5.74, 6) is -0.888. The summed E-state index contributed by atoms with van der Waals surface area (Å²) in [4.78, 5) is 23.9. The first-order valence-electron chi connectivity index (χ1n) is 6.32. The lowest BCUT2D eigenvalue weighted by atomic mass is 10.4. The van der Waals surface area contributed by atoms with Gasteiger partial charge < -0.3 is 24.5 Å². The second kappa shape index (κ2) is 7.54. The van der Waals surface area contributed by atoms with Gasteiger partial charge in [0.15, 0.2) is 0 Å². The molecule has 0 unspecified atom stereocenters. The number of hydrogen-bond acceptors (Lipinski definition) is 4. The van der Waals surface area contributed by atoms with Crippen LogP contribution in [0.25, 0.3) is 0 Å². The van der Waals surface area contributed by atoms with Crippen LogP contribution < -0.4 is 5.32 Å². The molecule has 7 nitrogen and oxygen atoms in total. The van der Waals surface area contributed by atoms with E-state index in [4.69, 9.17) is 14.3 Å². The summed E-state index contributed by atoms with van der Waals surface area (Å²) >= 11 is 0. The molecule has 1 rings (SSSR count). The molecule has 0 saturated carbocycles. The minimum Gasteiger partial charge on any atom is -0.475 e. The van der Waals surface area contributed by atoms with E-state index in [-0.39, 0.29) is 24.4 Å². The molecule has 0 bridgehead atoms. The van der Waals surface area contributed by atoms with Crippen LogP contribution in [0, 0.1) is 0 Å². The normalized spacial score (nSPS) is 10.6. The molecule has 1 aromatic heterocycles. The van der Waals surface area contributed by atoms with Crippen molar-refractivity contribution in [3.05, 3.63) is 23.7 Å². The highest BCUT2D eigenvalue weighted by Crippen LogP contribution is 2.07. The lowest BCUT2D eigenvalue weighted by Gasteiger charge is -2.18. The molecule has 0 aliphatic heterocycles. The van der Waals surface area contributed by atoms with Crippen molar-refractivity contribution in [3.63, 3.8) is 0 Å². The van der Waals surface area contributed by atoms with Gasteiger partial charge in [0, 0.05) is 13.6 Å². The fourth-order valence-corrected chi connectivity index (χ4v) is 1.41. The molecule has 7 heteroatoms. The fraction of sp³-hybridized carbons (Fsp3) is 0.538. The van der Waals surface area contributed by atoms with Crippen molar-refractivity contribution >= 4 is 12.0 Å². The molecule has 0 spiro atoms. The van der Waals surface area contributed by atoms with Crippen molar-refractivity contribution in [2.75, 3.05) is 20.2 Å². The molecule has 0 aliphatic rings. The molecule has 0 saturated heterocycles. The first kappa shape index (κ1) is 16.0. The van der Waals surface area contributed by atoms with E-state index in [0.717, 1.165) is 0 Å². The highest BCUT2D eigenvalue weighted by atomic mass is 16.5. The van der Waals surface area contributed by atoms with Crippen molar-refractivity contribution in [3.8, 4) is 0 Å². The van der Waals surface area contributed by atoms with Gasteiger partial charge in [-0.05, 0) is 26.0 Å². The summed E-state index contributed by atoms with van der Waals surface area (Å²) in [6, 6.07) is 2.60. The maximum absolute atomic E-state index is 11.7. The number of carbonyl (C=O) groups is 2. The van der Waals surface area contributed by atoms with Crippen molar-refractivity contribution in [1.29, 1.82) is 0 Å². The van der Waals surface area contributed by atoms with E-state index in [2.05, 4.69) is 5.32 Å². The second-order valence-electron chi connectivity index (χ2n) is 4.57. The zero-order valence-corrected chi connectivity index (χ0v) is 11.9. The summed E-state index contributed by atoms with van der Waals surface area (Å²) in [5, 5.41) is 11.3. The van der Waals surface area contributed by atoms with Gasteiger partial charge in [-0.25, -0.2) is 9.59 Å². The van der Waals surface area contributed by atoms with Gasteiger partial charge in [-0.15, -0.1) is 0 Å². The van der Waals surface area contributed by atoms with Crippen molar-refractivity contribution in [2.45, 2.75) is 26.5 Å². The van der Waals surface area contributed by atoms with E-state index in [1.165, 1.54) is 17.0 Å². The molecule has 2 N–H and O–H groups in total. The minimum absolute atomic E-state index is 0.129. The number of likely N-dealkylation sites (N-methyl/N-ethyl adjacent to an activating group) is 1. The predicted molar refractivity (Wildman–Crippen MR) is 71.6 cm³/mol. The van der Waals surface area contributed by atoms with Crippen LogP contribution in [0.15, 0.2) is 16.5 Å². The number of nitrogens with one attached hydrogen (secondary N) is 1. The van der Waals surface area contributed by atoms with Gasteiger partial charge in [-0.2, -0.15) is 0 Å². The molecule has 1 aromatic rings. The third-order valence-corrected chi connectivity index (χ3v) is 2.51. The lowest BCUT2D eigenvalue weighted by Crippen LogP contribution is -2.38. The van der Waals surface area contributed by atoms with Crippen LogP contribution >= 0.6 is 0 Å². The SMILES string of the molecule is CC(C)OCCN(C)C(=O)NCc1ccc(C(=O)O)o1. The number of furan rings is 1. The van der Waals surface area contributed by atoms with Crippen LogP contribution in [0.4, 0.5) is 4.79 Å². The largest absolute Gasteiger partial charge is 0.475 e. The van der Waals surface area contributed by atoms with Gasteiger partial charge in [0.2, 0.25) is 5.76 Å². The Morgan fingerprint density at radius 2 is 2.15 bits per heavy atom. The van der Waals surface area contributed by atoms with Crippen molar-refractivity contribution < 1.29 is 23.8 Å². The quantitative estimate of drug-likeness (QED) is 0.792. The van der Waals surface area contributed by atoms with Crippen LogP contribution in [0.2, 0.25) is 0 Å². The van der Waals surface area contributed by atoms with E-state index in [0.29, 0.717) is 18.9 Å². The summed E-state index contributed by atoms with van der Waals surface area (Å²) in [6.45, 7) is 4.93. The Bertz CT molecular complexity index is 455. The zero-order valence-electron chi connectivity index (χ0n) is 11.9. The maximum Gasteiger partial charge on any atom is 0.371 e. The maximum atomic E-state index is 11.7. The average molecular weight is 284 g/mol. The molecular weight excluding hydrogens is 264 g/mol. The fourth-order valence-electron chi connectivity index (χ4n) is 1.41. The first-order chi connectivity index (χ1) is 9.40. The Kier molecular flexibility index (Phi) is 6.05. The standard InChI is InChI=1S/C13H20N2O5/c1-9(2)19-7-6-15(3)13(18)14-8-10-4-5-11(20-10)12(16)17/h4-5,9H,6-8H2,1-3H3,(H,14,18)(H,16,17). The topological polar surface area (TPSA) is 92.0 Å². The van der Waals surface area contributed by atoms with Gasteiger partial charge in [-0.1, -0.05) is 0 Å². The number of rotatable bonds is 7. The van der Waals surface area contributed by atoms with Crippen LogP contribution in [-0.2, 0) is 11.3 Å². The summed E-state index contributed by atoms with van der Waals surface area (Å²) in [7, 11) is 1.66. The van der Waals surface area contributed by atoms with E-state index < -0.39 is 5.97 Å². The Labute approximate surface area is 117 Å². The molecule has 0 radical (unpaired) electrons. The molecule has 0 atom stereocenters. The number of nitrogens with zero attached hydrogens (tertiary/aromatic N) is 1. The molecular formula is C13H20N2O5. The van der Waals surface area contributed by atoms with Gasteiger partial charge in [-0.3, -0.25) is 0 Å². The number of urea groups is 1. The van der Waals surface area contributed by atoms with Crippen LogP contribution in [0.5, 0.6) is 0 Å². The Balaban J connectivity index is 2.32. The lowest BCUT2D eigenvalue weighted by molar-refractivity contribution is 0.0658. The number of aromatic carboxylic acids is 1. The molecule has 1 heterocycles. The zero-order chi connectivity index (χ0) is 15.1. The van der Waals surface area contributed by atoms with Crippen LogP contribution in [0.1, 0.15) is 30.2 Å². The molecule has 0 aliphatic carbocycles. The van der Waals surface area contributed by atoms with Crippen molar-refractivity contribution in [1.82, 2.24) is 10.2 Å². The molecule has 112 valence electrons. The third-order valence-electron chi connectivity index (χ3n) is 2.51. The van der Waals surface area contributed by atoms with Gasteiger partial charge in [0.25, 0.3) is 0 Å². The molecule has 2 amide bonds. The monoisotopic (exact) mass is 284 g/mol. The molecule has 20 heavy (non-hydrogen) atoms. The third kappa shape index (κ3) is 5.31. The number of hydrogen-bond donors (Lipinski definition) is 2. The van der Waals surface area contributed by atoms with E-state index in [1.807, 2.05) is 13.8 Å². The number of carboxylic acid groups (broad SMARTS) is 1. The van der Waals surface area contributed by atoms with Gasteiger partial charge >= 0.3 is 12.0 Å². The highest BCUT2D eigenvalue weighted by molar-refractivity contribution is 5.84. The number of carbonyl (C=O) groups excluding carboxylic acids is 1. The summed E-state index contributed by atoms with van der Waals surface area (Å²) < 4.78 is 10.4. The smallest absolute Gasteiger partial charge is 0.371 e. The second-order valence-corrected chi connectivity index (χ2v) is 4.57. The minimum atomic E-state index is -1.13. The Hall–Kier alpha value is -2.02. The van der Waals surface area contributed by atoms with E-state index in [9.17, 15) is 9.59 Å². The molecule has 0 fully saturated rings. The predicted octanol–water partition coefficient (Wildman–Crippen LogP) is 1.54. The van der Waals surface area contributed by atoms with Gasteiger partial charge in [0.1, 0.15) is 5.76 Å².